The number of aliphatic hydroxyl groups is 2. The summed E-state index contributed by atoms with van der Waals surface area (Å²) in [7, 11) is 0. The zero-order chi connectivity index (χ0) is 25.1. The zero-order valence-electron chi connectivity index (χ0n) is 19.8. The minimum Gasteiger partial charge on any atom is -0.457 e. The number of hydrogen-bond donors (Lipinski definition) is 2. The van der Waals surface area contributed by atoms with E-state index in [0.717, 1.165) is 0 Å². The number of hydrogen-bond acceptors (Lipinski definition) is 7. The summed E-state index contributed by atoms with van der Waals surface area (Å²) in [5, 5.41) is 24.3. The van der Waals surface area contributed by atoms with Gasteiger partial charge < -0.3 is 19.7 Å². The topological polar surface area (TPSA) is 110 Å². The van der Waals surface area contributed by atoms with Gasteiger partial charge in [0.1, 0.15) is 23.4 Å². The van der Waals surface area contributed by atoms with Crippen molar-refractivity contribution in [2.45, 2.75) is 57.5 Å². The van der Waals surface area contributed by atoms with Crippen molar-refractivity contribution < 1.29 is 34.1 Å². The van der Waals surface area contributed by atoms with Crippen LogP contribution < -0.4 is 0 Å². The van der Waals surface area contributed by atoms with Gasteiger partial charge in [0.2, 0.25) is 5.79 Å². The van der Waals surface area contributed by atoms with E-state index in [9.17, 15) is 24.6 Å². The van der Waals surface area contributed by atoms with Crippen LogP contribution in [-0.2, 0) is 19.1 Å². The lowest BCUT2D eigenvalue weighted by Crippen LogP contribution is -2.85. The highest BCUT2D eigenvalue weighted by molar-refractivity contribution is 6.30. The normalized spacial score (nSPS) is 45.2. The number of rotatable bonds is 2. The monoisotopic (exact) mass is 500 g/mol. The van der Waals surface area contributed by atoms with Crippen molar-refractivity contribution in [2.24, 2.45) is 34.0 Å². The highest BCUT2D eigenvalue weighted by Gasteiger charge is 2.88. The van der Waals surface area contributed by atoms with E-state index in [2.05, 4.69) is 6.58 Å². The van der Waals surface area contributed by atoms with E-state index in [4.69, 9.17) is 21.1 Å². The van der Waals surface area contributed by atoms with Crippen LogP contribution in [0.5, 0.6) is 0 Å². The molecule has 0 radical (unpaired) electrons. The van der Waals surface area contributed by atoms with Crippen LogP contribution >= 0.6 is 11.6 Å². The van der Waals surface area contributed by atoms with Crippen molar-refractivity contribution in [1.82, 2.24) is 0 Å². The Morgan fingerprint density at radius 2 is 1.89 bits per heavy atom. The summed E-state index contributed by atoms with van der Waals surface area (Å²) in [4.78, 5) is 40.9. The second-order valence-corrected chi connectivity index (χ2v) is 12.1. The van der Waals surface area contributed by atoms with E-state index in [1.165, 1.54) is 12.1 Å². The van der Waals surface area contributed by atoms with Crippen molar-refractivity contribution in [3.8, 4) is 0 Å². The molecule has 8 heteroatoms. The average molecular weight is 501 g/mol. The third-order valence-electron chi connectivity index (χ3n) is 9.93. The van der Waals surface area contributed by atoms with Gasteiger partial charge in [-0.3, -0.25) is 9.59 Å². The van der Waals surface area contributed by atoms with Gasteiger partial charge in [-0.25, -0.2) is 4.79 Å². The number of fused-ring (bicyclic) bond motifs is 2. The first-order valence-electron chi connectivity index (χ1n) is 12.2. The quantitative estimate of drug-likeness (QED) is 0.474. The average Bonchev–Trinajstić information content (AvgIpc) is 2.93. The van der Waals surface area contributed by atoms with Gasteiger partial charge >= 0.3 is 5.97 Å². The van der Waals surface area contributed by atoms with E-state index in [-0.39, 0.29) is 23.5 Å². The molecule has 0 aromatic heterocycles. The van der Waals surface area contributed by atoms with Crippen LogP contribution in [0.15, 0.2) is 36.4 Å². The predicted molar refractivity (Wildman–Crippen MR) is 124 cm³/mol. The Hall–Kier alpha value is -2.06. The SMILES string of the molecule is C=C1C(=O)[C@]23[C@H](OC(=O)c4ccc(Cl)cc4)[C@H]1CC[C@H]2[C@@]12CO[C@]3(O)[C@@H](O)[C@@H]1C(C)(C)CCC2=O. The van der Waals surface area contributed by atoms with Gasteiger partial charge in [0.15, 0.2) is 5.78 Å². The second kappa shape index (κ2) is 7.03. The lowest BCUT2D eigenvalue weighted by molar-refractivity contribution is -0.436. The number of benzene rings is 1. The first kappa shape index (κ1) is 23.3. The van der Waals surface area contributed by atoms with Crippen LogP contribution in [0.25, 0.3) is 0 Å². The van der Waals surface area contributed by atoms with Crippen molar-refractivity contribution >= 4 is 29.1 Å². The van der Waals surface area contributed by atoms with Gasteiger partial charge in [0.25, 0.3) is 0 Å². The fourth-order valence-corrected chi connectivity index (χ4v) is 8.66. The van der Waals surface area contributed by atoms with Gasteiger partial charge in [-0.2, -0.15) is 0 Å². The Morgan fingerprint density at radius 1 is 1.20 bits per heavy atom. The highest BCUT2D eigenvalue weighted by Crippen LogP contribution is 2.76. The smallest absolute Gasteiger partial charge is 0.338 e. The molecule has 35 heavy (non-hydrogen) atoms. The Balaban J connectivity index is 1.53. The van der Waals surface area contributed by atoms with E-state index in [1.54, 1.807) is 12.1 Å². The molecule has 2 saturated heterocycles. The largest absolute Gasteiger partial charge is 0.457 e. The van der Waals surface area contributed by atoms with Crippen molar-refractivity contribution in [3.05, 3.63) is 47.0 Å². The number of ether oxygens (including phenoxy) is 2. The van der Waals surface area contributed by atoms with Crippen molar-refractivity contribution in [3.63, 3.8) is 0 Å². The maximum absolute atomic E-state index is 14.0. The molecule has 7 nitrogen and oxygen atoms in total. The Kier molecular flexibility index (Phi) is 4.69. The molecule has 4 aliphatic carbocycles. The molecule has 2 heterocycles. The third-order valence-corrected chi connectivity index (χ3v) is 10.2. The third kappa shape index (κ3) is 2.50. The molecular weight excluding hydrogens is 472 g/mol. The molecule has 2 N–H and O–H groups in total. The number of Topliss-reactive ketones (excluding diaryl/α,β-unsaturated/α-hetero) is 2. The molecule has 8 atom stereocenters. The number of halogens is 1. The summed E-state index contributed by atoms with van der Waals surface area (Å²) in [5.41, 5.74) is -2.93. The van der Waals surface area contributed by atoms with E-state index in [0.29, 0.717) is 30.7 Å². The lowest BCUT2D eigenvalue weighted by atomic mass is 9.36. The summed E-state index contributed by atoms with van der Waals surface area (Å²) in [6.07, 6.45) is -0.774. The molecule has 4 bridgehead atoms. The van der Waals surface area contributed by atoms with Crippen LogP contribution in [0.3, 0.4) is 0 Å². The molecule has 1 aromatic rings. The molecule has 7 rings (SSSR count). The summed E-state index contributed by atoms with van der Waals surface area (Å²) in [6, 6.07) is 6.18. The standard InChI is InChI=1S/C27H29ClO7/c1-13-16-8-9-17-25-12-34-27(33,21(31)19(25)24(2,3)11-10-18(25)29)26(17,20(13)30)22(16)35-23(32)14-4-6-15(28)7-5-14/h4-7,16-17,19,21-22,31,33H,1,8-12H2,2-3H3/t16-,17-,19+,21-,22+,25+,26-,27+/m0/s1. The van der Waals surface area contributed by atoms with Gasteiger partial charge in [0, 0.05) is 23.3 Å². The number of esters is 1. The fourth-order valence-electron chi connectivity index (χ4n) is 8.53. The van der Waals surface area contributed by atoms with E-state index < -0.39 is 63.7 Å². The molecule has 0 unspecified atom stereocenters. The van der Waals surface area contributed by atoms with E-state index >= 15 is 0 Å². The predicted octanol–water partition coefficient (Wildman–Crippen LogP) is 3.10. The summed E-state index contributed by atoms with van der Waals surface area (Å²) in [6.45, 7) is 7.92. The minimum absolute atomic E-state index is 0.0569. The first-order chi connectivity index (χ1) is 16.4. The summed E-state index contributed by atoms with van der Waals surface area (Å²) < 4.78 is 12.0. The zero-order valence-corrected chi connectivity index (χ0v) is 20.5. The van der Waals surface area contributed by atoms with Crippen LogP contribution in [0, 0.1) is 34.0 Å². The lowest BCUT2D eigenvalue weighted by Gasteiger charge is -2.72. The van der Waals surface area contributed by atoms with Crippen LogP contribution in [0.1, 0.15) is 49.9 Å². The van der Waals surface area contributed by atoms with Gasteiger partial charge in [-0.05, 0) is 60.4 Å². The van der Waals surface area contributed by atoms with E-state index in [1.807, 2.05) is 13.8 Å². The number of aliphatic hydroxyl groups excluding tert-OH is 1. The number of carbonyl (C=O) groups is 3. The first-order valence-corrected chi connectivity index (χ1v) is 12.6. The van der Waals surface area contributed by atoms with Gasteiger partial charge in [-0.15, -0.1) is 0 Å². The Morgan fingerprint density at radius 3 is 2.57 bits per heavy atom. The fraction of sp³-hybridized carbons (Fsp3) is 0.593. The maximum Gasteiger partial charge on any atom is 0.338 e. The van der Waals surface area contributed by atoms with Gasteiger partial charge in [0.05, 0.1) is 17.6 Å². The van der Waals surface area contributed by atoms with Gasteiger partial charge in [-0.1, -0.05) is 32.0 Å². The van der Waals surface area contributed by atoms with Crippen LogP contribution in [0.4, 0.5) is 0 Å². The molecule has 186 valence electrons. The summed E-state index contributed by atoms with van der Waals surface area (Å²) in [5.74, 6) is -5.28. The molecule has 2 spiro atoms. The molecule has 0 amide bonds. The summed E-state index contributed by atoms with van der Waals surface area (Å²) >= 11 is 5.95. The Bertz CT molecular complexity index is 1170. The molecule has 1 aromatic carbocycles. The second-order valence-electron chi connectivity index (χ2n) is 11.7. The van der Waals surface area contributed by atoms with Crippen molar-refractivity contribution in [2.75, 3.05) is 6.61 Å². The molecule has 6 aliphatic rings. The number of carbonyl (C=O) groups excluding carboxylic acids is 3. The highest BCUT2D eigenvalue weighted by atomic mass is 35.5. The van der Waals surface area contributed by atoms with Crippen LogP contribution in [0.2, 0.25) is 5.02 Å². The van der Waals surface area contributed by atoms with Crippen molar-refractivity contribution in [1.29, 1.82) is 0 Å². The number of ketones is 2. The van der Waals surface area contributed by atoms with Crippen LogP contribution in [-0.4, -0.2) is 52.4 Å². The molecular formula is C27H29ClO7. The maximum atomic E-state index is 14.0. The minimum atomic E-state index is -2.31. The molecule has 2 aliphatic heterocycles. The molecule has 6 fully saturated rings. The molecule has 4 saturated carbocycles. The Labute approximate surface area is 208 Å².